The quantitative estimate of drug-likeness (QED) is 0.892. The lowest BCUT2D eigenvalue weighted by atomic mass is 10.0. The van der Waals surface area contributed by atoms with E-state index in [0.29, 0.717) is 6.61 Å². The van der Waals surface area contributed by atoms with Crippen LogP contribution < -0.4 is 4.74 Å². The predicted molar refractivity (Wildman–Crippen MR) is 74.4 cm³/mol. The van der Waals surface area contributed by atoms with Crippen molar-refractivity contribution < 1.29 is 14.6 Å². The predicted octanol–water partition coefficient (Wildman–Crippen LogP) is 3.38. The Morgan fingerprint density at radius 3 is 2.00 bits per heavy atom. The van der Waals surface area contributed by atoms with Gasteiger partial charge < -0.3 is 9.84 Å². The zero-order valence-electron chi connectivity index (χ0n) is 10.8. The fourth-order valence-corrected chi connectivity index (χ4v) is 1.90. The van der Waals surface area contributed by atoms with Crippen molar-refractivity contribution in [3.05, 3.63) is 54.1 Å². The van der Waals surface area contributed by atoms with E-state index in [1.807, 2.05) is 55.5 Å². The topological polar surface area (TPSA) is 46.5 Å². The summed E-state index contributed by atoms with van der Waals surface area (Å²) in [5, 5.41) is 8.72. The molecule has 0 unspecified atom stereocenters. The molecule has 2 aromatic carbocycles. The summed E-state index contributed by atoms with van der Waals surface area (Å²) in [5.74, 6) is 0.0440. The molecule has 3 heteroatoms. The van der Waals surface area contributed by atoms with Crippen LogP contribution in [0.4, 0.5) is 0 Å². The number of aliphatic carboxylic acids is 1. The first kappa shape index (κ1) is 13.1. The van der Waals surface area contributed by atoms with Crippen molar-refractivity contribution in [2.75, 3.05) is 6.61 Å². The van der Waals surface area contributed by atoms with Gasteiger partial charge in [-0.25, -0.2) is 0 Å². The molecule has 0 aromatic heterocycles. The molecule has 0 spiro atoms. The van der Waals surface area contributed by atoms with Gasteiger partial charge in [-0.2, -0.15) is 0 Å². The van der Waals surface area contributed by atoms with Crippen molar-refractivity contribution in [2.24, 2.45) is 0 Å². The fourth-order valence-electron chi connectivity index (χ4n) is 1.90. The standard InChI is InChI=1S/C16H16O3/c1-2-19-15-9-7-14(8-10-15)13-5-3-12(4-6-13)11-16(17)18/h3-10H,2,11H2,1H3,(H,17,18). The Morgan fingerprint density at radius 1 is 1.00 bits per heavy atom. The Balaban J connectivity index is 2.15. The molecule has 0 fully saturated rings. The molecule has 0 aliphatic heterocycles. The van der Waals surface area contributed by atoms with Crippen molar-refractivity contribution in [1.82, 2.24) is 0 Å². The van der Waals surface area contributed by atoms with E-state index in [2.05, 4.69) is 0 Å². The summed E-state index contributed by atoms with van der Waals surface area (Å²) in [7, 11) is 0. The molecule has 0 amide bonds. The average molecular weight is 256 g/mol. The van der Waals surface area contributed by atoms with Crippen LogP contribution in [0.15, 0.2) is 48.5 Å². The molecule has 0 radical (unpaired) electrons. The van der Waals surface area contributed by atoms with Gasteiger partial charge in [-0.15, -0.1) is 0 Å². The van der Waals surface area contributed by atoms with Crippen LogP contribution in [-0.2, 0) is 11.2 Å². The van der Waals surface area contributed by atoms with E-state index in [-0.39, 0.29) is 6.42 Å². The van der Waals surface area contributed by atoms with Gasteiger partial charge >= 0.3 is 5.97 Å². The maximum atomic E-state index is 10.6. The van der Waals surface area contributed by atoms with Crippen LogP contribution in [0.1, 0.15) is 12.5 Å². The molecular weight excluding hydrogens is 240 g/mol. The second-order valence-corrected chi connectivity index (χ2v) is 4.22. The molecule has 0 bridgehead atoms. The van der Waals surface area contributed by atoms with Crippen LogP contribution in [-0.4, -0.2) is 17.7 Å². The zero-order valence-corrected chi connectivity index (χ0v) is 10.8. The van der Waals surface area contributed by atoms with Gasteiger partial charge in [0.1, 0.15) is 5.75 Å². The second kappa shape index (κ2) is 6.05. The van der Waals surface area contributed by atoms with Crippen molar-refractivity contribution in [3.63, 3.8) is 0 Å². The number of carboxylic acid groups (broad SMARTS) is 1. The summed E-state index contributed by atoms with van der Waals surface area (Å²) >= 11 is 0. The van der Waals surface area contributed by atoms with Crippen LogP contribution in [0.2, 0.25) is 0 Å². The van der Waals surface area contributed by atoms with Gasteiger partial charge in [-0.1, -0.05) is 36.4 Å². The minimum atomic E-state index is -0.811. The highest BCUT2D eigenvalue weighted by Gasteiger charge is 2.02. The summed E-state index contributed by atoms with van der Waals surface area (Å²) in [6.45, 7) is 2.61. The maximum absolute atomic E-state index is 10.6. The molecule has 2 aromatic rings. The summed E-state index contributed by atoms with van der Waals surface area (Å²) in [4.78, 5) is 10.6. The number of carbonyl (C=O) groups is 1. The first-order chi connectivity index (χ1) is 9.19. The van der Waals surface area contributed by atoms with Crippen LogP contribution in [0.5, 0.6) is 5.75 Å². The van der Waals surface area contributed by atoms with E-state index in [9.17, 15) is 4.79 Å². The highest BCUT2D eigenvalue weighted by atomic mass is 16.5. The van der Waals surface area contributed by atoms with E-state index < -0.39 is 5.97 Å². The van der Waals surface area contributed by atoms with Crippen LogP contribution in [0.3, 0.4) is 0 Å². The largest absolute Gasteiger partial charge is 0.494 e. The highest BCUT2D eigenvalue weighted by Crippen LogP contribution is 2.22. The molecule has 0 heterocycles. The number of rotatable bonds is 5. The summed E-state index contributed by atoms with van der Waals surface area (Å²) in [6.07, 6.45) is 0.0591. The van der Waals surface area contributed by atoms with Crippen LogP contribution in [0.25, 0.3) is 11.1 Å². The molecule has 98 valence electrons. The third-order valence-electron chi connectivity index (χ3n) is 2.81. The smallest absolute Gasteiger partial charge is 0.307 e. The molecule has 0 aliphatic carbocycles. The monoisotopic (exact) mass is 256 g/mol. The second-order valence-electron chi connectivity index (χ2n) is 4.22. The molecule has 0 saturated carbocycles. The minimum absolute atomic E-state index is 0.0591. The summed E-state index contributed by atoms with van der Waals surface area (Å²) in [6, 6.07) is 15.4. The van der Waals surface area contributed by atoms with E-state index >= 15 is 0 Å². The Hall–Kier alpha value is -2.29. The normalized spacial score (nSPS) is 10.2. The SMILES string of the molecule is CCOc1ccc(-c2ccc(CC(=O)O)cc2)cc1. The van der Waals surface area contributed by atoms with Crippen LogP contribution >= 0.6 is 0 Å². The van der Waals surface area contributed by atoms with Crippen molar-refractivity contribution in [2.45, 2.75) is 13.3 Å². The maximum Gasteiger partial charge on any atom is 0.307 e. The van der Waals surface area contributed by atoms with Crippen molar-refractivity contribution in [3.8, 4) is 16.9 Å². The lowest BCUT2D eigenvalue weighted by Gasteiger charge is -2.06. The van der Waals surface area contributed by atoms with Gasteiger partial charge in [0.25, 0.3) is 0 Å². The summed E-state index contributed by atoms with van der Waals surface area (Å²) in [5.41, 5.74) is 2.96. The third kappa shape index (κ3) is 3.58. The third-order valence-corrected chi connectivity index (χ3v) is 2.81. The molecule has 1 N–H and O–H groups in total. The van der Waals surface area contributed by atoms with Gasteiger partial charge in [0.15, 0.2) is 0 Å². The van der Waals surface area contributed by atoms with Gasteiger partial charge in [0, 0.05) is 0 Å². The van der Waals surface area contributed by atoms with E-state index in [1.54, 1.807) is 0 Å². The first-order valence-electron chi connectivity index (χ1n) is 6.23. The number of benzene rings is 2. The molecular formula is C16H16O3. The number of carboxylic acids is 1. The van der Waals surface area contributed by atoms with Crippen molar-refractivity contribution in [1.29, 1.82) is 0 Å². The first-order valence-corrected chi connectivity index (χ1v) is 6.23. The fraction of sp³-hybridized carbons (Fsp3) is 0.188. The molecule has 0 aliphatic rings. The number of ether oxygens (including phenoxy) is 1. The van der Waals surface area contributed by atoms with Crippen LogP contribution in [0, 0.1) is 0 Å². The van der Waals surface area contributed by atoms with Gasteiger partial charge in [0.2, 0.25) is 0 Å². The number of hydrogen-bond donors (Lipinski definition) is 1. The van der Waals surface area contributed by atoms with E-state index in [0.717, 1.165) is 22.4 Å². The Bertz CT molecular complexity index is 541. The highest BCUT2D eigenvalue weighted by molar-refractivity contribution is 5.71. The van der Waals surface area contributed by atoms with Crippen molar-refractivity contribution >= 4 is 5.97 Å². The van der Waals surface area contributed by atoms with E-state index in [4.69, 9.17) is 9.84 Å². The lowest BCUT2D eigenvalue weighted by molar-refractivity contribution is -0.136. The average Bonchev–Trinajstić information content (AvgIpc) is 2.40. The molecule has 19 heavy (non-hydrogen) atoms. The molecule has 3 nitrogen and oxygen atoms in total. The number of hydrogen-bond acceptors (Lipinski definition) is 2. The van der Waals surface area contributed by atoms with E-state index in [1.165, 1.54) is 0 Å². The Kier molecular flexibility index (Phi) is 4.18. The zero-order chi connectivity index (χ0) is 13.7. The molecule has 0 saturated heterocycles. The Labute approximate surface area is 112 Å². The Morgan fingerprint density at radius 2 is 1.53 bits per heavy atom. The minimum Gasteiger partial charge on any atom is -0.494 e. The van der Waals surface area contributed by atoms with Gasteiger partial charge in [0.05, 0.1) is 13.0 Å². The molecule has 2 rings (SSSR count). The lowest BCUT2D eigenvalue weighted by Crippen LogP contribution is -1.99. The van der Waals surface area contributed by atoms with Gasteiger partial charge in [-0.3, -0.25) is 4.79 Å². The molecule has 0 atom stereocenters. The summed E-state index contributed by atoms with van der Waals surface area (Å²) < 4.78 is 5.39. The van der Waals surface area contributed by atoms with Gasteiger partial charge in [-0.05, 0) is 35.7 Å².